The quantitative estimate of drug-likeness (QED) is 0.512. The number of ether oxygens (including phenoxy) is 2. The van der Waals surface area contributed by atoms with E-state index in [2.05, 4.69) is 5.32 Å². The fourth-order valence-electron chi connectivity index (χ4n) is 4.31. The number of benzene rings is 1. The molecular formula is C26H36N2O6. The molecule has 1 aromatic heterocycles. The van der Waals surface area contributed by atoms with Gasteiger partial charge in [-0.25, -0.2) is 9.78 Å². The molecule has 3 rings (SSSR count). The predicted octanol–water partition coefficient (Wildman–Crippen LogP) is 4.77. The van der Waals surface area contributed by atoms with Crippen LogP contribution in [0.3, 0.4) is 0 Å². The Hall–Kier alpha value is -2.87. The summed E-state index contributed by atoms with van der Waals surface area (Å²) < 4.78 is 17.6. The molecule has 186 valence electrons. The molecule has 1 aliphatic rings. The number of nitrogens with zero attached hydrogens (tertiary/aromatic N) is 1. The Kier molecular flexibility index (Phi) is 8.72. The average molecular weight is 473 g/mol. The van der Waals surface area contributed by atoms with E-state index in [0.717, 1.165) is 42.0 Å². The molecule has 1 aromatic carbocycles. The number of nitrogens with one attached hydrogen (secondary N) is 1. The van der Waals surface area contributed by atoms with Gasteiger partial charge in [-0.05, 0) is 43.4 Å². The second kappa shape index (κ2) is 11.5. The molecule has 34 heavy (non-hydrogen) atoms. The highest BCUT2D eigenvalue weighted by Crippen LogP contribution is 2.31. The van der Waals surface area contributed by atoms with E-state index < -0.39 is 12.0 Å². The number of hydrogen-bond acceptors (Lipinski definition) is 6. The second-order valence-electron chi connectivity index (χ2n) is 9.58. The molecule has 0 saturated heterocycles. The van der Waals surface area contributed by atoms with Crippen LogP contribution in [0.4, 0.5) is 0 Å². The molecule has 0 radical (unpaired) electrons. The third kappa shape index (κ3) is 6.38. The zero-order valence-corrected chi connectivity index (χ0v) is 20.7. The molecule has 1 amide bonds. The molecule has 8 heteroatoms. The summed E-state index contributed by atoms with van der Waals surface area (Å²) in [5, 5.41) is 12.1. The Bertz CT molecular complexity index is 983. The number of amides is 1. The maximum Gasteiger partial charge on any atom is 0.326 e. The van der Waals surface area contributed by atoms with E-state index in [1.807, 2.05) is 38.1 Å². The minimum Gasteiger partial charge on any atom is -0.497 e. The van der Waals surface area contributed by atoms with Crippen LogP contribution in [0.15, 0.2) is 28.7 Å². The highest BCUT2D eigenvalue weighted by Gasteiger charge is 2.32. The van der Waals surface area contributed by atoms with E-state index in [9.17, 15) is 14.7 Å². The van der Waals surface area contributed by atoms with Crippen molar-refractivity contribution in [2.45, 2.75) is 78.0 Å². The first-order chi connectivity index (χ1) is 16.2. The molecule has 8 nitrogen and oxygen atoms in total. The molecule has 0 bridgehead atoms. The van der Waals surface area contributed by atoms with Crippen LogP contribution in [0, 0.1) is 11.8 Å². The molecule has 2 aromatic rings. The van der Waals surface area contributed by atoms with Gasteiger partial charge in [0.25, 0.3) is 0 Å². The van der Waals surface area contributed by atoms with E-state index in [0.29, 0.717) is 18.9 Å². The van der Waals surface area contributed by atoms with Crippen LogP contribution in [0.2, 0.25) is 0 Å². The van der Waals surface area contributed by atoms with Gasteiger partial charge in [0.05, 0.1) is 19.8 Å². The number of carbonyl (C=O) groups excluding carboxylic acids is 1. The van der Waals surface area contributed by atoms with Gasteiger partial charge in [-0.1, -0.05) is 40.2 Å². The van der Waals surface area contributed by atoms with Crippen LogP contribution in [0.25, 0.3) is 11.5 Å². The van der Waals surface area contributed by atoms with Crippen LogP contribution < -0.4 is 10.1 Å². The first-order valence-corrected chi connectivity index (χ1v) is 12.0. The van der Waals surface area contributed by atoms with Crippen molar-refractivity contribution in [2.24, 2.45) is 11.8 Å². The van der Waals surface area contributed by atoms with Crippen LogP contribution >= 0.6 is 0 Å². The van der Waals surface area contributed by atoms with Gasteiger partial charge in [-0.3, -0.25) is 4.79 Å². The maximum absolute atomic E-state index is 12.7. The summed E-state index contributed by atoms with van der Waals surface area (Å²) in [6.45, 7) is 7.97. The molecule has 0 aliphatic heterocycles. The summed E-state index contributed by atoms with van der Waals surface area (Å²) in [6, 6.07) is 6.69. The fourth-order valence-corrected chi connectivity index (χ4v) is 4.31. The van der Waals surface area contributed by atoms with Gasteiger partial charge in [-0.15, -0.1) is 0 Å². The number of carbonyl (C=O) groups is 2. The number of aromatic nitrogens is 1. The summed E-state index contributed by atoms with van der Waals surface area (Å²) in [4.78, 5) is 28.9. The van der Waals surface area contributed by atoms with Gasteiger partial charge in [0.15, 0.2) is 0 Å². The predicted molar refractivity (Wildman–Crippen MR) is 128 cm³/mol. The summed E-state index contributed by atoms with van der Waals surface area (Å²) in [5.74, 6) is 0.517. The zero-order valence-electron chi connectivity index (χ0n) is 20.7. The molecular weight excluding hydrogens is 436 g/mol. The molecule has 1 aliphatic carbocycles. The first-order valence-electron chi connectivity index (χ1n) is 12.0. The van der Waals surface area contributed by atoms with Gasteiger partial charge in [0, 0.05) is 17.4 Å². The third-order valence-corrected chi connectivity index (χ3v) is 6.25. The number of carboxylic acids is 1. The Morgan fingerprint density at radius 3 is 2.65 bits per heavy atom. The smallest absolute Gasteiger partial charge is 0.326 e. The van der Waals surface area contributed by atoms with E-state index in [1.54, 1.807) is 21.0 Å². The Morgan fingerprint density at radius 2 is 2.00 bits per heavy atom. The van der Waals surface area contributed by atoms with Crippen molar-refractivity contribution in [3.63, 3.8) is 0 Å². The van der Waals surface area contributed by atoms with Crippen LogP contribution in [-0.4, -0.2) is 41.2 Å². The van der Waals surface area contributed by atoms with Crippen molar-refractivity contribution in [1.29, 1.82) is 0 Å². The summed E-state index contributed by atoms with van der Waals surface area (Å²) in [5.41, 5.74) is 1.59. The molecule has 2 N–H and O–H groups in total. The SMILES string of the molecule is COc1cccc(-c2nc(CO[C@H]3CCC[C@@H](C(=O)N[C@H](C(=O)O)C(C)C)C3)c(C(C)C)o2)c1. The zero-order chi connectivity index (χ0) is 24.8. The van der Waals surface area contributed by atoms with Crippen molar-refractivity contribution in [2.75, 3.05) is 7.11 Å². The van der Waals surface area contributed by atoms with Crippen molar-refractivity contribution in [3.05, 3.63) is 35.7 Å². The number of aliphatic carboxylic acids is 1. The highest BCUT2D eigenvalue weighted by atomic mass is 16.5. The lowest BCUT2D eigenvalue weighted by atomic mass is 9.86. The van der Waals surface area contributed by atoms with Gasteiger partial charge >= 0.3 is 5.97 Å². The molecule has 0 spiro atoms. The molecule has 1 fully saturated rings. The molecule has 0 unspecified atom stereocenters. The first kappa shape index (κ1) is 25.7. The Balaban J connectivity index is 1.65. The van der Waals surface area contributed by atoms with Gasteiger partial charge in [-0.2, -0.15) is 0 Å². The van der Waals surface area contributed by atoms with Crippen LogP contribution in [-0.2, 0) is 20.9 Å². The van der Waals surface area contributed by atoms with Gasteiger partial charge in [0.1, 0.15) is 23.2 Å². The minimum atomic E-state index is -1.01. The summed E-state index contributed by atoms with van der Waals surface area (Å²) in [6.07, 6.45) is 2.91. The normalized spacial score (nSPS) is 19.3. The van der Waals surface area contributed by atoms with Gasteiger partial charge in [0.2, 0.25) is 11.8 Å². The number of hydrogen-bond donors (Lipinski definition) is 2. The van der Waals surface area contributed by atoms with E-state index >= 15 is 0 Å². The van der Waals surface area contributed by atoms with E-state index in [4.69, 9.17) is 18.9 Å². The molecule has 3 atom stereocenters. The third-order valence-electron chi connectivity index (χ3n) is 6.25. The lowest BCUT2D eigenvalue weighted by molar-refractivity contribution is -0.144. The van der Waals surface area contributed by atoms with Crippen molar-refractivity contribution in [3.8, 4) is 17.2 Å². The number of oxazole rings is 1. The van der Waals surface area contributed by atoms with Gasteiger partial charge < -0.3 is 24.3 Å². The monoisotopic (exact) mass is 472 g/mol. The number of carboxylic acid groups (broad SMARTS) is 1. The topological polar surface area (TPSA) is 111 Å². The number of rotatable bonds is 10. The second-order valence-corrected chi connectivity index (χ2v) is 9.58. The molecule has 1 heterocycles. The fraction of sp³-hybridized carbons (Fsp3) is 0.577. The highest BCUT2D eigenvalue weighted by molar-refractivity contribution is 5.85. The maximum atomic E-state index is 12.7. The van der Waals surface area contributed by atoms with Crippen molar-refractivity contribution in [1.82, 2.24) is 10.3 Å². The van der Waals surface area contributed by atoms with E-state index in [-0.39, 0.29) is 29.8 Å². The van der Waals surface area contributed by atoms with E-state index in [1.165, 1.54) is 0 Å². The minimum absolute atomic E-state index is 0.0937. The largest absolute Gasteiger partial charge is 0.497 e. The summed E-state index contributed by atoms with van der Waals surface area (Å²) >= 11 is 0. The Morgan fingerprint density at radius 1 is 1.24 bits per heavy atom. The Labute approximate surface area is 201 Å². The lowest BCUT2D eigenvalue weighted by Crippen LogP contribution is -2.47. The standard InChI is InChI=1S/C26H36N2O6/c1-15(2)22(26(30)31)28-24(29)17-8-6-11-20(12-17)33-14-21-23(16(3)4)34-25(27-21)18-9-7-10-19(13-18)32-5/h7,9-10,13,15-17,20,22H,6,8,11-12,14H2,1-5H3,(H,28,29)(H,30,31)/t17-,20+,22+/m1/s1. The van der Waals surface area contributed by atoms with Crippen LogP contribution in [0.1, 0.15) is 70.8 Å². The summed E-state index contributed by atoms with van der Waals surface area (Å²) in [7, 11) is 1.62. The van der Waals surface area contributed by atoms with Crippen molar-refractivity contribution < 1.29 is 28.6 Å². The lowest BCUT2D eigenvalue weighted by Gasteiger charge is -2.29. The number of methoxy groups -OCH3 is 1. The average Bonchev–Trinajstić information content (AvgIpc) is 3.25. The van der Waals surface area contributed by atoms with Crippen molar-refractivity contribution >= 4 is 11.9 Å². The van der Waals surface area contributed by atoms with Crippen LogP contribution in [0.5, 0.6) is 5.75 Å². The molecule has 1 saturated carbocycles.